The maximum absolute atomic E-state index is 13.2. The Morgan fingerprint density at radius 2 is 2.17 bits per heavy atom. The van der Waals surface area contributed by atoms with Gasteiger partial charge in [0, 0.05) is 0 Å². The van der Waals surface area contributed by atoms with E-state index in [2.05, 4.69) is 0 Å². The van der Waals surface area contributed by atoms with Crippen LogP contribution in [0.25, 0.3) is 0 Å². The molecule has 0 heterocycles. The third kappa shape index (κ3) is 1.49. The van der Waals surface area contributed by atoms with Crippen LogP contribution in [0.2, 0.25) is 0 Å². The van der Waals surface area contributed by atoms with Crippen LogP contribution in [0.3, 0.4) is 0 Å². The normalized spacial score (nSPS) is 9.92. The average molecular weight is 169 g/mol. The summed E-state index contributed by atoms with van der Waals surface area (Å²) in [5, 5.41) is 0. The van der Waals surface area contributed by atoms with E-state index in [9.17, 15) is 4.39 Å². The summed E-state index contributed by atoms with van der Waals surface area (Å²) in [6.07, 6.45) is 0. The molecule has 0 spiro atoms. The lowest BCUT2D eigenvalue weighted by molar-refractivity contribution is 0.322. The van der Waals surface area contributed by atoms with Crippen LogP contribution in [0.5, 0.6) is 5.75 Å². The Balaban J connectivity index is 3.14. The zero-order chi connectivity index (χ0) is 9.14. The summed E-state index contributed by atoms with van der Waals surface area (Å²) in [6, 6.07) is 3.27. The number of ether oxygens (including phenoxy) is 1. The van der Waals surface area contributed by atoms with Crippen LogP contribution in [0.4, 0.5) is 10.1 Å². The summed E-state index contributed by atoms with van der Waals surface area (Å²) in [5.74, 6) is -0.200. The predicted octanol–water partition coefficient (Wildman–Crippen LogP) is 2.12. The number of hydrogen-bond donors (Lipinski definition) is 1. The largest absolute Gasteiger partial charge is 0.489 e. The number of hydrogen-bond acceptors (Lipinski definition) is 2. The average Bonchev–Trinajstić information content (AvgIpc) is 2.06. The van der Waals surface area contributed by atoms with E-state index >= 15 is 0 Å². The van der Waals surface area contributed by atoms with Gasteiger partial charge in [0.25, 0.3) is 0 Å². The fourth-order valence-electron chi connectivity index (χ4n) is 0.960. The zero-order valence-corrected chi connectivity index (χ0v) is 7.23. The molecule has 2 N–H and O–H groups in total. The second-order valence-electron chi connectivity index (χ2n) is 2.55. The standard InChI is InChI=1S/C9H12FNO/c1-3-12-9-7(11)5-4-6(2)8(9)10/h4-5H,3,11H2,1-2H3. The molecule has 0 radical (unpaired) electrons. The second-order valence-corrected chi connectivity index (χ2v) is 2.55. The third-order valence-electron chi connectivity index (χ3n) is 1.61. The van der Waals surface area contributed by atoms with Crippen LogP contribution in [0, 0.1) is 12.7 Å². The van der Waals surface area contributed by atoms with Gasteiger partial charge in [-0.2, -0.15) is 0 Å². The SMILES string of the molecule is CCOc1c(N)ccc(C)c1F. The van der Waals surface area contributed by atoms with Crippen LogP contribution >= 0.6 is 0 Å². The first-order chi connectivity index (χ1) is 5.66. The first kappa shape index (κ1) is 8.84. The van der Waals surface area contributed by atoms with E-state index in [0.717, 1.165) is 0 Å². The first-order valence-corrected chi connectivity index (χ1v) is 3.84. The molecule has 0 amide bonds. The highest BCUT2D eigenvalue weighted by Crippen LogP contribution is 2.27. The first-order valence-electron chi connectivity index (χ1n) is 3.84. The third-order valence-corrected chi connectivity index (χ3v) is 1.61. The van der Waals surface area contributed by atoms with Gasteiger partial charge >= 0.3 is 0 Å². The molecule has 12 heavy (non-hydrogen) atoms. The number of anilines is 1. The molecule has 0 aromatic heterocycles. The minimum Gasteiger partial charge on any atom is -0.489 e. The molecule has 0 fully saturated rings. The van der Waals surface area contributed by atoms with Gasteiger partial charge in [0.1, 0.15) is 0 Å². The lowest BCUT2D eigenvalue weighted by Gasteiger charge is -2.08. The van der Waals surface area contributed by atoms with E-state index in [1.54, 1.807) is 26.0 Å². The highest BCUT2D eigenvalue weighted by molar-refractivity contribution is 5.54. The van der Waals surface area contributed by atoms with Crippen LogP contribution < -0.4 is 10.5 Å². The van der Waals surface area contributed by atoms with Crippen molar-refractivity contribution in [2.24, 2.45) is 0 Å². The summed E-state index contributed by atoms with van der Waals surface area (Å²) >= 11 is 0. The van der Waals surface area contributed by atoms with Crippen LogP contribution in [0.15, 0.2) is 12.1 Å². The zero-order valence-electron chi connectivity index (χ0n) is 7.23. The molecule has 0 aliphatic heterocycles. The fourth-order valence-corrected chi connectivity index (χ4v) is 0.960. The van der Waals surface area contributed by atoms with Gasteiger partial charge in [-0.3, -0.25) is 0 Å². The van der Waals surface area contributed by atoms with Gasteiger partial charge in [-0.05, 0) is 25.5 Å². The van der Waals surface area contributed by atoms with Gasteiger partial charge in [0.15, 0.2) is 11.6 Å². The van der Waals surface area contributed by atoms with Crippen molar-refractivity contribution in [3.05, 3.63) is 23.5 Å². The Hall–Kier alpha value is -1.25. The Labute approximate surface area is 71.1 Å². The van der Waals surface area contributed by atoms with Crippen molar-refractivity contribution in [3.8, 4) is 5.75 Å². The number of nitrogens with two attached hydrogens (primary N) is 1. The van der Waals surface area contributed by atoms with Gasteiger partial charge in [-0.25, -0.2) is 4.39 Å². The lowest BCUT2D eigenvalue weighted by Crippen LogP contribution is -2.00. The predicted molar refractivity (Wildman–Crippen MR) is 46.7 cm³/mol. The highest BCUT2D eigenvalue weighted by Gasteiger charge is 2.09. The van der Waals surface area contributed by atoms with Crippen LogP contribution in [-0.4, -0.2) is 6.61 Å². The van der Waals surface area contributed by atoms with Gasteiger partial charge < -0.3 is 10.5 Å². The molecule has 0 saturated carbocycles. The topological polar surface area (TPSA) is 35.2 Å². The Morgan fingerprint density at radius 1 is 1.50 bits per heavy atom. The van der Waals surface area contributed by atoms with Crippen molar-refractivity contribution < 1.29 is 9.13 Å². The van der Waals surface area contributed by atoms with Gasteiger partial charge in [-0.1, -0.05) is 6.07 Å². The summed E-state index contributed by atoms with van der Waals surface area (Å²) in [7, 11) is 0. The van der Waals surface area contributed by atoms with E-state index in [1.807, 2.05) is 0 Å². The van der Waals surface area contributed by atoms with E-state index in [-0.39, 0.29) is 11.6 Å². The Morgan fingerprint density at radius 3 is 2.75 bits per heavy atom. The van der Waals surface area contributed by atoms with Crippen LogP contribution in [-0.2, 0) is 0 Å². The molecule has 1 aromatic rings. The van der Waals surface area contributed by atoms with Crippen molar-refractivity contribution in [1.29, 1.82) is 0 Å². The van der Waals surface area contributed by atoms with E-state index in [4.69, 9.17) is 10.5 Å². The molecule has 0 saturated heterocycles. The van der Waals surface area contributed by atoms with Gasteiger partial charge in [0.05, 0.1) is 12.3 Å². The minimum atomic E-state index is -0.364. The summed E-state index contributed by atoms with van der Waals surface area (Å²) in [5.41, 5.74) is 6.41. The molecule has 0 aliphatic rings. The summed E-state index contributed by atoms with van der Waals surface area (Å²) < 4.78 is 18.3. The summed E-state index contributed by atoms with van der Waals surface area (Å²) in [4.78, 5) is 0. The van der Waals surface area contributed by atoms with Crippen molar-refractivity contribution >= 4 is 5.69 Å². The molecule has 66 valence electrons. The number of benzene rings is 1. The number of rotatable bonds is 2. The van der Waals surface area contributed by atoms with Gasteiger partial charge in [0.2, 0.25) is 0 Å². The van der Waals surface area contributed by atoms with Crippen molar-refractivity contribution in [3.63, 3.8) is 0 Å². The second kappa shape index (κ2) is 3.43. The lowest BCUT2D eigenvalue weighted by atomic mass is 10.2. The van der Waals surface area contributed by atoms with Gasteiger partial charge in [-0.15, -0.1) is 0 Å². The molecule has 0 bridgehead atoms. The smallest absolute Gasteiger partial charge is 0.178 e. The molecular formula is C9H12FNO. The van der Waals surface area contributed by atoms with E-state index in [0.29, 0.717) is 17.9 Å². The van der Waals surface area contributed by atoms with E-state index < -0.39 is 0 Å². The van der Waals surface area contributed by atoms with E-state index in [1.165, 1.54) is 0 Å². The highest BCUT2D eigenvalue weighted by atomic mass is 19.1. The molecule has 1 rings (SSSR count). The fraction of sp³-hybridized carbons (Fsp3) is 0.333. The quantitative estimate of drug-likeness (QED) is 0.688. The number of halogens is 1. The summed E-state index contributed by atoms with van der Waals surface area (Å²) in [6.45, 7) is 3.89. The molecular weight excluding hydrogens is 157 g/mol. The minimum absolute atomic E-state index is 0.164. The number of nitrogen functional groups attached to an aromatic ring is 1. The molecule has 0 aliphatic carbocycles. The maximum atomic E-state index is 13.2. The number of aryl methyl sites for hydroxylation is 1. The Kier molecular flexibility index (Phi) is 2.53. The van der Waals surface area contributed by atoms with Crippen LogP contribution in [0.1, 0.15) is 12.5 Å². The van der Waals surface area contributed by atoms with Crippen molar-refractivity contribution in [1.82, 2.24) is 0 Å². The Bertz CT molecular complexity index is 286. The maximum Gasteiger partial charge on any atom is 0.178 e. The molecule has 1 aromatic carbocycles. The molecule has 3 heteroatoms. The molecule has 0 atom stereocenters. The molecule has 0 unspecified atom stereocenters. The van der Waals surface area contributed by atoms with Crippen molar-refractivity contribution in [2.45, 2.75) is 13.8 Å². The molecule has 2 nitrogen and oxygen atoms in total. The monoisotopic (exact) mass is 169 g/mol. The van der Waals surface area contributed by atoms with Crippen molar-refractivity contribution in [2.75, 3.05) is 12.3 Å².